The van der Waals surface area contributed by atoms with Crippen molar-refractivity contribution in [3.8, 4) is 11.5 Å². The van der Waals surface area contributed by atoms with E-state index in [2.05, 4.69) is 36.6 Å². The molecule has 4 nitrogen and oxygen atoms in total. The molecule has 1 aromatic carbocycles. The number of rotatable bonds is 1. The van der Waals surface area contributed by atoms with Gasteiger partial charge < -0.3 is 14.9 Å². The average Bonchev–Trinajstić information content (AvgIpc) is 2.18. The van der Waals surface area contributed by atoms with Crippen molar-refractivity contribution in [1.82, 2.24) is 0 Å². The van der Waals surface area contributed by atoms with Crippen LogP contribution >= 0.6 is 31.9 Å². The van der Waals surface area contributed by atoms with E-state index in [0.717, 1.165) is 5.56 Å². The minimum Gasteiger partial charge on any atom is -0.504 e. The first-order valence-electron chi connectivity index (χ1n) is 3.94. The molecule has 0 aliphatic heterocycles. The highest BCUT2D eigenvalue weighted by atomic mass is 79.9. The summed E-state index contributed by atoms with van der Waals surface area (Å²) in [6.07, 6.45) is -1.47. The number of benzene rings is 1. The van der Waals surface area contributed by atoms with Crippen LogP contribution in [-0.2, 0) is 0 Å². The number of phenols is 1. The number of carboxylic acid groups (broad SMARTS) is 1. The Bertz CT molecular complexity index is 400. The van der Waals surface area contributed by atoms with Crippen LogP contribution in [0, 0.1) is 13.8 Å². The first-order chi connectivity index (χ1) is 6.86. The van der Waals surface area contributed by atoms with Crippen molar-refractivity contribution in [1.29, 1.82) is 0 Å². The molecule has 0 aromatic heterocycles. The van der Waals surface area contributed by atoms with Crippen LogP contribution in [0.1, 0.15) is 11.1 Å². The SMILES string of the molecule is Cc1c(C)c(Br)c(Br)c(OC(=O)O)c1O. The van der Waals surface area contributed by atoms with Gasteiger partial charge in [0, 0.05) is 4.47 Å². The van der Waals surface area contributed by atoms with E-state index in [0.29, 0.717) is 14.5 Å². The van der Waals surface area contributed by atoms with Crippen molar-refractivity contribution in [3.05, 3.63) is 20.1 Å². The number of carbonyl (C=O) groups is 1. The van der Waals surface area contributed by atoms with Crippen LogP contribution in [0.3, 0.4) is 0 Å². The van der Waals surface area contributed by atoms with Gasteiger partial charge in [-0.05, 0) is 56.8 Å². The van der Waals surface area contributed by atoms with E-state index < -0.39 is 6.16 Å². The molecule has 0 saturated heterocycles. The van der Waals surface area contributed by atoms with Gasteiger partial charge in [0.15, 0.2) is 11.5 Å². The number of hydrogen-bond donors (Lipinski definition) is 2. The summed E-state index contributed by atoms with van der Waals surface area (Å²) in [5.41, 5.74) is 1.39. The Morgan fingerprint density at radius 1 is 1.20 bits per heavy atom. The summed E-state index contributed by atoms with van der Waals surface area (Å²) in [6.45, 7) is 3.48. The Balaban J connectivity index is 3.45. The van der Waals surface area contributed by atoms with Gasteiger partial charge in [0.1, 0.15) is 0 Å². The van der Waals surface area contributed by atoms with Crippen LogP contribution in [0.2, 0.25) is 0 Å². The van der Waals surface area contributed by atoms with Crippen LogP contribution in [0.5, 0.6) is 11.5 Å². The molecule has 0 amide bonds. The third kappa shape index (κ3) is 2.26. The average molecular weight is 340 g/mol. The molecule has 0 unspecified atom stereocenters. The molecule has 0 heterocycles. The fourth-order valence-corrected chi connectivity index (χ4v) is 2.10. The van der Waals surface area contributed by atoms with Crippen LogP contribution in [0.25, 0.3) is 0 Å². The molecule has 0 aliphatic rings. The first kappa shape index (κ1) is 12.3. The number of halogens is 2. The molecular weight excluding hydrogens is 332 g/mol. The second-order valence-corrected chi connectivity index (χ2v) is 4.51. The number of hydrogen-bond acceptors (Lipinski definition) is 3. The maximum absolute atomic E-state index is 10.4. The standard InChI is InChI=1S/C9H8Br2O4/c1-3-4(2)7(12)8(15-9(13)14)6(11)5(3)10/h12H,1-2H3,(H,13,14). The fourth-order valence-electron chi connectivity index (χ4n) is 1.06. The van der Waals surface area contributed by atoms with E-state index in [-0.39, 0.29) is 11.5 Å². The normalized spacial score (nSPS) is 10.1. The van der Waals surface area contributed by atoms with E-state index in [1.165, 1.54) is 0 Å². The van der Waals surface area contributed by atoms with Gasteiger partial charge >= 0.3 is 6.16 Å². The van der Waals surface area contributed by atoms with Crippen LogP contribution in [0.4, 0.5) is 4.79 Å². The van der Waals surface area contributed by atoms with E-state index in [1.807, 2.05) is 0 Å². The maximum atomic E-state index is 10.4. The van der Waals surface area contributed by atoms with Gasteiger partial charge in [-0.15, -0.1) is 0 Å². The van der Waals surface area contributed by atoms with Crippen molar-refractivity contribution in [2.45, 2.75) is 13.8 Å². The van der Waals surface area contributed by atoms with Gasteiger partial charge in [-0.2, -0.15) is 0 Å². The van der Waals surface area contributed by atoms with Crippen molar-refractivity contribution in [3.63, 3.8) is 0 Å². The van der Waals surface area contributed by atoms with Crippen molar-refractivity contribution >= 4 is 38.0 Å². The molecule has 0 spiro atoms. The van der Waals surface area contributed by atoms with E-state index in [1.54, 1.807) is 13.8 Å². The lowest BCUT2D eigenvalue weighted by atomic mass is 10.1. The Morgan fingerprint density at radius 2 is 1.73 bits per heavy atom. The van der Waals surface area contributed by atoms with Crippen molar-refractivity contribution < 1.29 is 19.7 Å². The lowest BCUT2D eigenvalue weighted by molar-refractivity contribution is 0.142. The van der Waals surface area contributed by atoms with Crippen molar-refractivity contribution in [2.75, 3.05) is 0 Å². The number of aromatic hydroxyl groups is 1. The summed E-state index contributed by atoms with van der Waals surface area (Å²) in [5, 5.41) is 18.2. The summed E-state index contributed by atoms with van der Waals surface area (Å²) in [7, 11) is 0. The third-order valence-electron chi connectivity index (χ3n) is 2.04. The van der Waals surface area contributed by atoms with Gasteiger partial charge in [-0.1, -0.05) is 0 Å². The molecule has 15 heavy (non-hydrogen) atoms. The minimum atomic E-state index is -1.47. The summed E-state index contributed by atoms with van der Waals surface area (Å²) in [5.74, 6) is -0.276. The predicted molar refractivity (Wildman–Crippen MR) is 61.6 cm³/mol. The van der Waals surface area contributed by atoms with Crippen LogP contribution in [-0.4, -0.2) is 16.4 Å². The second kappa shape index (κ2) is 4.40. The first-order valence-corrected chi connectivity index (χ1v) is 5.52. The lowest BCUT2D eigenvalue weighted by Gasteiger charge is -2.13. The fraction of sp³-hybridized carbons (Fsp3) is 0.222. The van der Waals surface area contributed by atoms with E-state index in [4.69, 9.17) is 5.11 Å². The molecule has 6 heteroatoms. The highest BCUT2D eigenvalue weighted by Crippen LogP contribution is 2.44. The molecule has 2 N–H and O–H groups in total. The molecule has 0 radical (unpaired) electrons. The van der Waals surface area contributed by atoms with Gasteiger partial charge in [-0.3, -0.25) is 0 Å². The largest absolute Gasteiger partial charge is 0.511 e. The Labute approximate surface area is 103 Å². The van der Waals surface area contributed by atoms with E-state index in [9.17, 15) is 9.90 Å². The Hall–Kier alpha value is -0.750. The van der Waals surface area contributed by atoms with Gasteiger partial charge in [-0.25, -0.2) is 4.79 Å². The molecule has 0 aliphatic carbocycles. The highest BCUT2D eigenvalue weighted by molar-refractivity contribution is 9.13. The Morgan fingerprint density at radius 3 is 2.20 bits per heavy atom. The molecular formula is C9H8Br2O4. The zero-order valence-corrected chi connectivity index (χ0v) is 11.1. The summed E-state index contributed by atoms with van der Waals surface area (Å²) in [4.78, 5) is 10.4. The smallest absolute Gasteiger partial charge is 0.504 e. The zero-order valence-electron chi connectivity index (χ0n) is 7.97. The minimum absolute atomic E-state index is 0.0996. The third-order valence-corrected chi connectivity index (χ3v) is 4.32. The van der Waals surface area contributed by atoms with E-state index >= 15 is 0 Å². The predicted octanol–water partition coefficient (Wildman–Crippen LogP) is 3.59. The molecule has 1 aromatic rings. The second-order valence-electron chi connectivity index (χ2n) is 2.92. The monoisotopic (exact) mass is 338 g/mol. The topological polar surface area (TPSA) is 66.8 Å². The molecule has 0 saturated carbocycles. The number of phenolic OH excluding ortho intramolecular Hbond substituents is 1. The van der Waals surface area contributed by atoms with Gasteiger partial charge in [0.2, 0.25) is 0 Å². The lowest BCUT2D eigenvalue weighted by Crippen LogP contribution is -2.05. The molecule has 0 bridgehead atoms. The summed E-state index contributed by atoms with van der Waals surface area (Å²) < 4.78 is 5.52. The van der Waals surface area contributed by atoms with Crippen LogP contribution < -0.4 is 4.74 Å². The quantitative estimate of drug-likeness (QED) is 0.606. The van der Waals surface area contributed by atoms with Crippen LogP contribution in [0.15, 0.2) is 8.95 Å². The maximum Gasteiger partial charge on any atom is 0.511 e. The number of ether oxygens (including phenoxy) is 1. The van der Waals surface area contributed by atoms with Gasteiger partial charge in [0.25, 0.3) is 0 Å². The highest BCUT2D eigenvalue weighted by Gasteiger charge is 2.19. The summed E-state index contributed by atoms with van der Waals surface area (Å²) >= 11 is 6.42. The molecule has 0 atom stereocenters. The van der Waals surface area contributed by atoms with Gasteiger partial charge in [0.05, 0.1) is 4.47 Å². The van der Waals surface area contributed by atoms with Crippen molar-refractivity contribution in [2.24, 2.45) is 0 Å². The Kier molecular flexibility index (Phi) is 3.62. The summed E-state index contributed by atoms with van der Waals surface area (Å²) in [6, 6.07) is 0. The zero-order chi connectivity index (χ0) is 11.7. The molecule has 82 valence electrons. The molecule has 1 rings (SSSR count). The molecule has 0 fully saturated rings.